The predicted octanol–water partition coefficient (Wildman–Crippen LogP) is -3.04. The topological polar surface area (TPSA) is 72.2 Å². The molecule has 1 aromatic rings. The average molecular weight is 196 g/mol. The van der Waals surface area contributed by atoms with Crippen LogP contribution in [0.3, 0.4) is 0 Å². The van der Waals surface area contributed by atoms with Crippen LogP contribution in [0, 0.1) is 0 Å². The summed E-state index contributed by atoms with van der Waals surface area (Å²) >= 11 is 0. The number of nitrogens with two attached hydrogens (primary N) is 1. The van der Waals surface area contributed by atoms with E-state index < -0.39 is 10.0 Å². The minimum atomic E-state index is -3.47. The van der Waals surface area contributed by atoms with Crippen molar-refractivity contribution in [3.63, 3.8) is 0 Å². The van der Waals surface area contributed by atoms with Crippen LogP contribution in [0.15, 0.2) is 35.2 Å². The van der Waals surface area contributed by atoms with Gasteiger partial charge in [-0.2, -0.15) is 4.83 Å². The maximum absolute atomic E-state index is 11.0. The van der Waals surface area contributed by atoms with Crippen molar-refractivity contribution in [1.29, 1.82) is 0 Å². The van der Waals surface area contributed by atoms with E-state index >= 15 is 0 Å². The van der Waals surface area contributed by atoms with Crippen molar-refractivity contribution >= 4 is 10.0 Å². The Morgan fingerprint density at radius 3 is 2.17 bits per heavy atom. The van der Waals surface area contributed by atoms with Gasteiger partial charge in [0, 0.05) is 0 Å². The summed E-state index contributed by atoms with van der Waals surface area (Å²) in [5.74, 6) is 4.80. The van der Waals surface area contributed by atoms with Crippen LogP contribution in [0.1, 0.15) is 1.43 Å². The SMILES string of the molecule is NNS(=O)(=O)c1ccccc1.[H-].[Na+]. The Morgan fingerprint density at radius 1 is 1.25 bits per heavy atom. The van der Waals surface area contributed by atoms with E-state index in [1.54, 1.807) is 23.0 Å². The average Bonchev–Trinajstić information content (AvgIpc) is 2.06. The largest absolute Gasteiger partial charge is 1.00 e. The van der Waals surface area contributed by atoms with E-state index in [1.807, 2.05) is 0 Å². The molecule has 0 saturated carbocycles. The molecule has 0 fully saturated rings. The van der Waals surface area contributed by atoms with Crippen LogP contribution < -0.4 is 40.2 Å². The Kier molecular flexibility index (Phi) is 5.00. The van der Waals surface area contributed by atoms with Crippen LogP contribution in [0.5, 0.6) is 0 Å². The van der Waals surface area contributed by atoms with Crippen LogP contribution in [-0.4, -0.2) is 8.42 Å². The molecule has 0 amide bonds. The Bertz CT molecular complexity index is 330. The minimum absolute atomic E-state index is 0. The molecule has 3 N–H and O–H groups in total. The first-order valence-corrected chi connectivity index (χ1v) is 4.42. The molecule has 0 bridgehead atoms. The molecule has 0 aromatic heterocycles. The van der Waals surface area contributed by atoms with Gasteiger partial charge in [0.2, 0.25) is 0 Å². The summed E-state index contributed by atoms with van der Waals surface area (Å²) in [7, 11) is -3.47. The second-order valence-electron chi connectivity index (χ2n) is 1.93. The Morgan fingerprint density at radius 2 is 1.75 bits per heavy atom. The van der Waals surface area contributed by atoms with Crippen LogP contribution in [0.4, 0.5) is 0 Å². The molecule has 12 heavy (non-hydrogen) atoms. The fourth-order valence-electron chi connectivity index (χ4n) is 0.668. The molecule has 0 aliphatic heterocycles. The van der Waals surface area contributed by atoms with Crippen LogP contribution in [0.25, 0.3) is 0 Å². The smallest absolute Gasteiger partial charge is 1.00 e. The first-order chi connectivity index (χ1) is 5.17. The molecular weight excluding hydrogens is 187 g/mol. The molecule has 1 rings (SSSR count). The number of rotatable bonds is 2. The van der Waals surface area contributed by atoms with E-state index in [0.717, 1.165) is 0 Å². The van der Waals surface area contributed by atoms with Crippen LogP contribution in [-0.2, 0) is 10.0 Å². The molecule has 0 heterocycles. The summed E-state index contributed by atoms with van der Waals surface area (Å²) in [6, 6.07) is 7.92. The van der Waals surface area contributed by atoms with Crippen molar-refractivity contribution in [2.45, 2.75) is 4.90 Å². The third kappa shape index (κ3) is 2.85. The summed E-state index contributed by atoms with van der Waals surface area (Å²) < 4.78 is 21.9. The van der Waals surface area contributed by atoms with E-state index in [-0.39, 0.29) is 35.9 Å². The molecule has 6 heteroatoms. The summed E-state index contributed by atoms with van der Waals surface area (Å²) in [6.45, 7) is 0. The number of hydrazine groups is 1. The Labute approximate surface area is 95.0 Å². The van der Waals surface area contributed by atoms with Crippen molar-refractivity contribution in [2.24, 2.45) is 5.84 Å². The van der Waals surface area contributed by atoms with Crippen molar-refractivity contribution in [2.75, 3.05) is 0 Å². The summed E-state index contributed by atoms with van der Waals surface area (Å²) in [5, 5.41) is 0. The summed E-state index contributed by atoms with van der Waals surface area (Å²) in [4.78, 5) is 1.90. The molecule has 4 nitrogen and oxygen atoms in total. The molecule has 0 unspecified atom stereocenters. The standard InChI is InChI=1S/C6H8N2O2S.Na.H/c7-8-11(9,10)6-4-2-1-3-5-6;;/h1-5,8H,7H2;;/q;+1;-1. The monoisotopic (exact) mass is 196 g/mol. The van der Waals surface area contributed by atoms with Gasteiger partial charge in [-0.15, -0.1) is 0 Å². The molecule has 0 radical (unpaired) electrons. The summed E-state index contributed by atoms with van der Waals surface area (Å²) in [5.41, 5.74) is 0. The van der Waals surface area contributed by atoms with Crippen molar-refractivity contribution in [3.8, 4) is 0 Å². The van der Waals surface area contributed by atoms with Gasteiger partial charge < -0.3 is 1.43 Å². The van der Waals surface area contributed by atoms with Crippen molar-refractivity contribution < 1.29 is 39.4 Å². The van der Waals surface area contributed by atoms with Gasteiger partial charge >= 0.3 is 29.6 Å². The number of sulfonamides is 1. The van der Waals surface area contributed by atoms with Crippen LogP contribution >= 0.6 is 0 Å². The normalized spacial score (nSPS) is 10.4. The third-order valence-electron chi connectivity index (χ3n) is 1.21. The first-order valence-electron chi connectivity index (χ1n) is 2.94. The number of nitrogens with one attached hydrogen (secondary N) is 1. The van der Waals surface area contributed by atoms with Gasteiger partial charge in [-0.1, -0.05) is 18.2 Å². The molecule has 0 atom stereocenters. The molecule has 0 aliphatic carbocycles. The molecule has 0 spiro atoms. The zero-order valence-corrected chi connectivity index (χ0v) is 9.51. The van der Waals surface area contributed by atoms with Gasteiger partial charge in [-0.05, 0) is 12.1 Å². The minimum Gasteiger partial charge on any atom is -1.00 e. The van der Waals surface area contributed by atoms with Crippen molar-refractivity contribution in [3.05, 3.63) is 30.3 Å². The van der Waals surface area contributed by atoms with E-state index in [4.69, 9.17) is 5.84 Å². The van der Waals surface area contributed by atoms with Gasteiger partial charge in [0.1, 0.15) is 0 Å². The fraction of sp³-hybridized carbons (Fsp3) is 0. The Balaban J connectivity index is 0. The third-order valence-corrected chi connectivity index (χ3v) is 2.41. The Hall–Kier alpha value is 0.0900. The van der Waals surface area contributed by atoms with E-state index in [1.165, 1.54) is 12.1 Å². The zero-order valence-electron chi connectivity index (χ0n) is 7.69. The van der Waals surface area contributed by atoms with Gasteiger partial charge in [0.15, 0.2) is 0 Å². The van der Waals surface area contributed by atoms with Gasteiger partial charge in [-0.25, -0.2) is 8.42 Å². The zero-order chi connectivity index (χ0) is 8.32. The van der Waals surface area contributed by atoms with Gasteiger partial charge in [-0.3, -0.25) is 5.84 Å². The second-order valence-corrected chi connectivity index (χ2v) is 3.65. The predicted molar refractivity (Wildman–Crippen MR) is 42.1 cm³/mol. The second kappa shape index (κ2) is 4.96. The molecular formula is C6H9N2NaO2S. The van der Waals surface area contributed by atoms with Crippen LogP contribution in [0.2, 0.25) is 0 Å². The van der Waals surface area contributed by atoms with E-state index in [0.29, 0.717) is 0 Å². The summed E-state index contributed by atoms with van der Waals surface area (Å²) in [6.07, 6.45) is 0. The molecule has 0 aliphatic rings. The van der Waals surface area contributed by atoms with E-state index in [2.05, 4.69) is 0 Å². The molecule has 1 aromatic carbocycles. The quantitative estimate of drug-likeness (QED) is 0.300. The number of hydrogen-bond acceptors (Lipinski definition) is 3. The molecule has 0 saturated heterocycles. The maximum atomic E-state index is 11.0. The van der Waals surface area contributed by atoms with Gasteiger partial charge in [0.05, 0.1) is 4.90 Å². The number of benzene rings is 1. The van der Waals surface area contributed by atoms with Crippen molar-refractivity contribution in [1.82, 2.24) is 4.83 Å². The fourth-order valence-corrected chi connectivity index (χ4v) is 1.32. The van der Waals surface area contributed by atoms with Gasteiger partial charge in [0.25, 0.3) is 10.0 Å². The van der Waals surface area contributed by atoms with E-state index in [9.17, 15) is 8.42 Å². The first kappa shape index (κ1) is 12.1. The number of hydrogen-bond donors (Lipinski definition) is 2. The maximum Gasteiger partial charge on any atom is 1.00 e. The molecule has 62 valence electrons.